The van der Waals surface area contributed by atoms with E-state index in [0.29, 0.717) is 31.2 Å². The number of nitrogens with one attached hydrogen (secondary N) is 1. The van der Waals surface area contributed by atoms with Gasteiger partial charge in [0.15, 0.2) is 5.82 Å². The van der Waals surface area contributed by atoms with E-state index in [1.807, 2.05) is 37.3 Å². The van der Waals surface area contributed by atoms with E-state index in [-0.39, 0.29) is 24.6 Å². The van der Waals surface area contributed by atoms with Crippen LogP contribution >= 0.6 is 0 Å². The van der Waals surface area contributed by atoms with Crippen molar-refractivity contribution in [1.82, 2.24) is 20.4 Å². The number of aliphatic hydroxyl groups excluding tert-OH is 1. The molecule has 2 atom stereocenters. The van der Waals surface area contributed by atoms with E-state index in [9.17, 15) is 4.79 Å². The van der Waals surface area contributed by atoms with E-state index in [4.69, 9.17) is 9.63 Å². The van der Waals surface area contributed by atoms with Gasteiger partial charge in [0.05, 0.1) is 0 Å². The van der Waals surface area contributed by atoms with Crippen LogP contribution in [0.3, 0.4) is 0 Å². The van der Waals surface area contributed by atoms with E-state index < -0.39 is 0 Å². The molecule has 1 aromatic carbocycles. The molecule has 1 aliphatic heterocycles. The number of likely N-dealkylation sites (tertiary alicyclic amines) is 1. The first-order chi connectivity index (χ1) is 11.7. The van der Waals surface area contributed by atoms with Crippen molar-refractivity contribution in [3.8, 4) is 0 Å². The van der Waals surface area contributed by atoms with Crippen LogP contribution in [0.2, 0.25) is 0 Å². The Kier molecular flexibility index (Phi) is 5.10. The summed E-state index contributed by atoms with van der Waals surface area (Å²) in [5, 5.41) is 16.0. The van der Waals surface area contributed by atoms with Crippen molar-refractivity contribution in [3.05, 3.63) is 47.6 Å². The van der Waals surface area contributed by atoms with Gasteiger partial charge >= 0.3 is 6.03 Å². The lowest BCUT2D eigenvalue weighted by molar-refractivity contribution is 0.193. The highest BCUT2D eigenvalue weighted by Gasteiger charge is 2.27. The van der Waals surface area contributed by atoms with Crippen LogP contribution in [0.1, 0.15) is 36.7 Å². The summed E-state index contributed by atoms with van der Waals surface area (Å²) in [7, 11) is 0. The van der Waals surface area contributed by atoms with Crippen molar-refractivity contribution in [3.63, 3.8) is 0 Å². The molecule has 1 aromatic heterocycles. The Morgan fingerprint density at radius 3 is 2.96 bits per heavy atom. The molecule has 0 radical (unpaired) electrons. The minimum absolute atomic E-state index is 0.117. The second-order valence-corrected chi connectivity index (χ2v) is 6.17. The molecule has 24 heavy (non-hydrogen) atoms. The summed E-state index contributed by atoms with van der Waals surface area (Å²) in [5.41, 5.74) is 1.11. The van der Waals surface area contributed by atoms with Crippen molar-refractivity contribution in [2.45, 2.75) is 25.8 Å². The van der Waals surface area contributed by atoms with Crippen molar-refractivity contribution in [2.75, 3.05) is 19.7 Å². The summed E-state index contributed by atoms with van der Waals surface area (Å²) in [6.07, 6.45) is 1.43. The standard InChI is InChI=1S/C17H22N4O3/c1-12(18-17(23)21-8-7-14(10-21)11-22)16-19-15(20-24-16)9-13-5-3-2-4-6-13/h2-6,12,14,22H,7-11H2,1H3,(H,18,23). The number of benzene rings is 1. The number of carbonyl (C=O) groups is 1. The molecule has 7 nitrogen and oxygen atoms in total. The monoisotopic (exact) mass is 330 g/mol. The molecule has 0 saturated carbocycles. The summed E-state index contributed by atoms with van der Waals surface area (Å²) < 4.78 is 5.27. The first-order valence-corrected chi connectivity index (χ1v) is 8.18. The van der Waals surface area contributed by atoms with Gasteiger partial charge < -0.3 is 19.8 Å². The summed E-state index contributed by atoms with van der Waals surface area (Å²) in [5.74, 6) is 1.16. The molecule has 3 rings (SSSR count). The highest BCUT2D eigenvalue weighted by Crippen LogP contribution is 2.17. The van der Waals surface area contributed by atoms with Gasteiger partial charge in [0.2, 0.25) is 5.89 Å². The summed E-state index contributed by atoms with van der Waals surface area (Å²) in [4.78, 5) is 18.3. The fraction of sp³-hybridized carbons (Fsp3) is 0.471. The smallest absolute Gasteiger partial charge is 0.318 e. The Balaban J connectivity index is 1.56. The molecule has 1 saturated heterocycles. The third-order valence-electron chi connectivity index (χ3n) is 4.23. The van der Waals surface area contributed by atoms with Gasteiger partial charge in [0.25, 0.3) is 0 Å². The van der Waals surface area contributed by atoms with E-state index in [0.717, 1.165) is 12.0 Å². The molecule has 2 amide bonds. The molecule has 1 fully saturated rings. The fourth-order valence-corrected chi connectivity index (χ4v) is 2.80. The van der Waals surface area contributed by atoms with Crippen molar-refractivity contribution in [2.24, 2.45) is 5.92 Å². The molecular weight excluding hydrogens is 308 g/mol. The number of carbonyl (C=O) groups excluding carboxylic acids is 1. The lowest BCUT2D eigenvalue weighted by atomic mass is 10.1. The highest BCUT2D eigenvalue weighted by molar-refractivity contribution is 5.74. The lowest BCUT2D eigenvalue weighted by Crippen LogP contribution is -2.40. The second kappa shape index (κ2) is 7.44. The van der Waals surface area contributed by atoms with Crippen LogP contribution in [0.5, 0.6) is 0 Å². The van der Waals surface area contributed by atoms with Gasteiger partial charge in [-0.05, 0) is 18.9 Å². The molecule has 0 aliphatic carbocycles. The number of rotatable bonds is 5. The van der Waals surface area contributed by atoms with Crippen LogP contribution in [0, 0.1) is 5.92 Å². The van der Waals surface area contributed by atoms with Crippen LogP contribution in [-0.2, 0) is 6.42 Å². The maximum Gasteiger partial charge on any atom is 0.318 e. The predicted octanol–water partition coefficient (Wildman–Crippen LogP) is 1.75. The Bertz CT molecular complexity index is 673. The molecule has 2 heterocycles. The van der Waals surface area contributed by atoms with Gasteiger partial charge in [0.1, 0.15) is 6.04 Å². The topological polar surface area (TPSA) is 91.5 Å². The zero-order valence-corrected chi connectivity index (χ0v) is 13.7. The molecule has 2 aromatic rings. The lowest BCUT2D eigenvalue weighted by Gasteiger charge is -2.19. The van der Waals surface area contributed by atoms with Crippen LogP contribution in [-0.4, -0.2) is 45.9 Å². The third-order valence-corrected chi connectivity index (χ3v) is 4.23. The number of hydrogen-bond donors (Lipinski definition) is 2. The Morgan fingerprint density at radius 2 is 2.25 bits per heavy atom. The summed E-state index contributed by atoms with van der Waals surface area (Å²) in [6.45, 7) is 3.17. The number of nitrogens with zero attached hydrogens (tertiary/aromatic N) is 3. The normalized spacial score (nSPS) is 18.6. The average molecular weight is 330 g/mol. The van der Waals surface area contributed by atoms with Crippen LogP contribution < -0.4 is 5.32 Å². The highest BCUT2D eigenvalue weighted by atomic mass is 16.5. The maximum absolute atomic E-state index is 12.2. The first kappa shape index (κ1) is 16.4. The van der Waals surface area contributed by atoms with E-state index >= 15 is 0 Å². The zero-order chi connectivity index (χ0) is 16.9. The van der Waals surface area contributed by atoms with Crippen molar-refractivity contribution >= 4 is 6.03 Å². The fourth-order valence-electron chi connectivity index (χ4n) is 2.80. The Morgan fingerprint density at radius 1 is 1.46 bits per heavy atom. The molecule has 0 bridgehead atoms. The van der Waals surface area contributed by atoms with Gasteiger partial charge in [-0.25, -0.2) is 4.79 Å². The molecule has 128 valence electrons. The predicted molar refractivity (Wildman–Crippen MR) is 87.3 cm³/mol. The largest absolute Gasteiger partial charge is 0.396 e. The minimum Gasteiger partial charge on any atom is -0.396 e. The SMILES string of the molecule is CC(NC(=O)N1CCC(CO)C1)c1nc(Cc2ccccc2)no1. The number of aliphatic hydroxyl groups is 1. The number of aromatic nitrogens is 2. The van der Waals surface area contributed by atoms with Gasteiger partial charge in [0, 0.05) is 32.0 Å². The van der Waals surface area contributed by atoms with Crippen LogP contribution in [0.25, 0.3) is 0 Å². The number of hydrogen-bond acceptors (Lipinski definition) is 5. The maximum atomic E-state index is 12.2. The van der Waals surface area contributed by atoms with Gasteiger partial charge in [-0.15, -0.1) is 0 Å². The molecular formula is C17H22N4O3. The molecule has 0 spiro atoms. The summed E-state index contributed by atoms with van der Waals surface area (Å²) in [6, 6.07) is 9.38. The van der Waals surface area contributed by atoms with E-state index in [1.165, 1.54) is 0 Å². The zero-order valence-electron chi connectivity index (χ0n) is 13.7. The minimum atomic E-state index is -0.359. The van der Waals surface area contributed by atoms with Crippen LogP contribution in [0.15, 0.2) is 34.9 Å². The quantitative estimate of drug-likeness (QED) is 0.871. The van der Waals surface area contributed by atoms with Crippen molar-refractivity contribution < 1.29 is 14.4 Å². The van der Waals surface area contributed by atoms with E-state index in [2.05, 4.69) is 15.5 Å². The average Bonchev–Trinajstić information content (AvgIpc) is 3.25. The third kappa shape index (κ3) is 3.91. The second-order valence-electron chi connectivity index (χ2n) is 6.17. The van der Waals surface area contributed by atoms with Gasteiger partial charge in [-0.1, -0.05) is 35.5 Å². The molecule has 1 aliphatic rings. The van der Waals surface area contributed by atoms with Crippen molar-refractivity contribution in [1.29, 1.82) is 0 Å². The number of urea groups is 1. The first-order valence-electron chi connectivity index (χ1n) is 8.18. The molecule has 2 N–H and O–H groups in total. The Hall–Kier alpha value is -2.41. The van der Waals surface area contributed by atoms with Crippen LogP contribution in [0.4, 0.5) is 4.79 Å². The van der Waals surface area contributed by atoms with E-state index in [1.54, 1.807) is 4.90 Å². The molecule has 2 unspecified atom stereocenters. The van der Waals surface area contributed by atoms with Gasteiger partial charge in [-0.2, -0.15) is 4.98 Å². The molecule has 7 heteroatoms. The number of amides is 2. The Labute approximate surface area is 140 Å². The summed E-state index contributed by atoms with van der Waals surface area (Å²) >= 11 is 0. The van der Waals surface area contributed by atoms with Gasteiger partial charge in [-0.3, -0.25) is 0 Å².